The van der Waals surface area contributed by atoms with E-state index in [1.54, 1.807) is 0 Å². The zero-order chi connectivity index (χ0) is 15.1. The van der Waals surface area contributed by atoms with E-state index in [9.17, 15) is 4.21 Å². The SMILES string of the molecule is CCOc1ccc(C(C)NC)cc1CS(=O)CC(C)C. The Labute approximate surface area is 125 Å². The van der Waals surface area contributed by atoms with Crippen molar-refractivity contribution in [2.75, 3.05) is 19.4 Å². The molecule has 1 aromatic carbocycles. The molecule has 0 bridgehead atoms. The average Bonchev–Trinajstić information content (AvgIpc) is 2.39. The second-order valence-electron chi connectivity index (χ2n) is 5.46. The molecule has 0 aliphatic carbocycles. The highest BCUT2D eigenvalue weighted by atomic mass is 32.2. The quantitative estimate of drug-likeness (QED) is 0.800. The van der Waals surface area contributed by atoms with Crippen molar-refractivity contribution < 1.29 is 8.95 Å². The summed E-state index contributed by atoms with van der Waals surface area (Å²) in [7, 11) is 1.10. The van der Waals surface area contributed by atoms with Gasteiger partial charge in [0.15, 0.2) is 0 Å². The zero-order valence-electron chi connectivity index (χ0n) is 13.2. The maximum atomic E-state index is 12.2. The Kier molecular flexibility index (Phi) is 7.24. The largest absolute Gasteiger partial charge is 0.494 e. The summed E-state index contributed by atoms with van der Waals surface area (Å²) >= 11 is 0. The van der Waals surface area contributed by atoms with E-state index in [1.165, 1.54) is 5.56 Å². The number of hydrogen-bond acceptors (Lipinski definition) is 3. The molecule has 20 heavy (non-hydrogen) atoms. The van der Waals surface area contributed by atoms with Crippen molar-refractivity contribution in [1.82, 2.24) is 5.32 Å². The van der Waals surface area contributed by atoms with Crippen molar-refractivity contribution in [3.05, 3.63) is 29.3 Å². The first-order valence-electron chi connectivity index (χ1n) is 7.25. The topological polar surface area (TPSA) is 38.3 Å². The van der Waals surface area contributed by atoms with Crippen LogP contribution in [0.25, 0.3) is 0 Å². The van der Waals surface area contributed by atoms with Crippen molar-refractivity contribution in [2.24, 2.45) is 5.92 Å². The lowest BCUT2D eigenvalue weighted by Crippen LogP contribution is -2.13. The summed E-state index contributed by atoms with van der Waals surface area (Å²) in [6, 6.07) is 6.46. The summed E-state index contributed by atoms with van der Waals surface area (Å²) in [5.74, 6) is 2.61. The molecule has 0 fully saturated rings. The summed E-state index contributed by atoms with van der Waals surface area (Å²) in [6.45, 7) is 8.91. The van der Waals surface area contributed by atoms with Gasteiger partial charge in [0.2, 0.25) is 0 Å². The third-order valence-corrected chi connectivity index (χ3v) is 4.82. The fraction of sp³-hybridized carbons (Fsp3) is 0.625. The third kappa shape index (κ3) is 5.25. The molecule has 0 saturated heterocycles. The van der Waals surface area contributed by atoms with Crippen LogP contribution >= 0.6 is 0 Å². The van der Waals surface area contributed by atoms with Crippen molar-refractivity contribution in [1.29, 1.82) is 0 Å². The van der Waals surface area contributed by atoms with Gasteiger partial charge >= 0.3 is 0 Å². The van der Waals surface area contributed by atoms with Gasteiger partial charge in [-0.2, -0.15) is 0 Å². The van der Waals surface area contributed by atoms with Crippen LogP contribution in [0.5, 0.6) is 5.75 Å². The molecule has 0 saturated carbocycles. The highest BCUT2D eigenvalue weighted by Gasteiger charge is 2.12. The van der Waals surface area contributed by atoms with Crippen LogP contribution in [-0.2, 0) is 16.6 Å². The molecule has 3 nitrogen and oxygen atoms in total. The van der Waals surface area contributed by atoms with Crippen LogP contribution in [0.15, 0.2) is 18.2 Å². The van der Waals surface area contributed by atoms with Gasteiger partial charge in [0.05, 0.1) is 12.4 Å². The molecule has 0 spiro atoms. The fourth-order valence-electron chi connectivity index (χ4n) is 2.05. The maximum absolute atomic E-state index is 12.2. The summed E-state index contributed by atoms with van der Waals surface area (Å²) in [5.41, 5.74) is 2.25. The van der Waals surface area contributed by atoms with E-state index in [-0.39, 0.29) is 6.04 Å². The lowest BCUT2D eigenvalue weighted by molar-refractivity contribution is 0.337. The highest BCUT2D eigenvalue weighted by molar-refractivity contribution is 7.84. The number of ether oxygens (including phenoxy) is 1. The lowest BCUT2D eigenvalue weighted by atomic mass is 10.1. The van der Waals surface area contributed by atoms with Gasteiger partial charge in [0.1, 0.15) is 5.75 Å². The fourth-order valence-corrected chi connectivity index (χ4v) is 3.48. The lowest BCUT2D eigenvalue weighted by Gasteiger charge is -2.16. The Morgan fingerprint density at radius 2 is 2.00 bits per heavy atom. The van der Waals surface area contributed by atoms with Crippen molar-refractivity contribution in [3.63, 3.8) is 0 Å². The summed E-state index contributed by atoms with van der Waals surface area (Å²) < 4.78 is 17.8. The molecule has 0 aromatic heterocycles. The van der Waals surface area contributed by atoms with Crippen LogP contribution < -0.4 is 10.1 Å². The van der Waals surface area contributed by atoms with E-state index in [4.69, 9.17) is 4.74 Å². The molecule has 0 radical (unpaired) electrons. The van der Waals surface area contributed by atoms with Crippen molar-refractivity contribution in [3.8, 4) is 5.75 Å². The molecule has 0 amide bonds. The van der Waals surface area contributed by atoms with Crippen LogP contribution in [0, 0.1) is 5.92 Å². The van der Waals surface area contributed by atoms with E-state index in [2.05, 4.69) is 38.2 Å². The van der Waals surface area contributed by atoms with Crippen molar-refractivity contribution >= 4 is 10.8 Å². The van der Waals surface area contributed by atoms with Gasteiger partial charge in [-0.3, -0.25) is 4.21 Å². The van der Waals surface area contributed by atoms with E-state index >= 15 is 0 Å². The number of nitrogens with one attached hydrogen (secondary N) is 1. The first-order chi connectivity index (χ1) is 9.47. The van der Waals surface area contributed by atoms with Crippen LogP contribution in [0.1, 0.15) is 44.9 Å². The number of hydrogen-bond donors (Lipinski definition) is 1. The molecule has 1 rings (SSSR count). The minimum Gasteiger partial charge on any atom is -0.494 e. The Morgan fingerprint density at radius 1 is 1.30 bits per heavy atom. The minimum absolute atomic E-state index is 0.281. The average molecular weight is 297 g/mol. The Balaban J connectivity index is 2.96. The second-order valence-corrected chi connectivity index (χ2v) is 6.96. The number of benzene rings is 1. The van der Waals surface area contributed by atoms with E-state index < -0.39 is 10.8 Å². The molecule has 4 heteroatoms. The zero-order valence-corrected chi connectivity index (χ0v) is 14.0. The van der Waals surface area contributed by atoms with Gasteiger partial charge in [-0.15, -0.1) is 0 Å². The molecule has 114 valence electrons. The maximum Gasteiger partial charge on any atom is 0.123 e. The first-order valence-corrected chi connectivity index (χ1v) is 8.74. The molecule has 1 aromatic rings. The predicted molar refractivity (Wildman–Crippen MR) is 86.6 cm³/mol. The van der Waals surface area contributed by atoms with Crippen LogP contribution in [-0.4, -0.2) is 23.6 Å². The van der Waals surface area contributed by atoms with Gasteiger partial charge in [-0.05, 0) is 44.5 Å². The highest BCUT2D eigenvalue weighted by Crippen LogP contribution is 2.25. The monoisotopic (exact) mass is 297 g/mol. The summed E-state index contributed by atoms with van der Waals surface area (Å²) in [5, 5.41) is 3.23. The Morgan fingerprint density at radius 3 is 2.55 bits per heavy atom. The molecule has 0 aliphatic heterocycles. The summed E-state index contributed by atoms with van der Waals surface area (Å²) in [4.78, 5) is 0. The van der Waals surface area contributed by atoms with Gasteiger partial charge in [-0.25, -0.2) is 0 Å². The van der Waals surface area contributed by atoms with Crippen LogP contribution in [0.2, 0.25) is 0 Å². The van der Waals surface area contributed by atoms with Gasteiger partial charge in [-0.1, -0.05) is 19.9 Å². The normalized spacial score (nSPS) is 14.3. The van der Waals surface area contributed by atoms with Crippen LogP contribution in [0.3, 0.4) is 0 Å². The molecular formula is C16H27NO2S. The molecule has 1 N–H and O–H groups in total. The predicted octanol–water partition coefficient (Wildman–Crippen LogP) is 3.27. The number of rotatable bonds is 8. The van der Waals surface area contributed by atoms with Crippen molar-refractivity contribution in [2.45, 2.75) is 39.5 Å². The van der Waals surface area contributed by atoms with Crippen LogP contribution in [0.4, 0.5) is 0 Å². The third-order valence-electron chi connectivity index (χ3n) is 3.15. The van der Waals surface area contributed by atoms with E-state index in [0.29, 0.717) is 18.3 Å². The summed E-state index contributed by atoms with van der Waals surface area (Å²) in [6.07, 6.45) is 0. The smallest absolute Gasteiger partial charge is 0.123 e. The van der Waals surface area contributed by atoms with Gasteiger partial charge in [0, 0.05) is 28.2 Å². The minimum atomic E-state index is -0.839. The molecular weight excluding hydrogens is 270 g/mol. The Hall–Kier alpha value is -0.870. The van der Waals surface area contributed by atoms with Gasteiger partial charge < -0.3 is 10.1 Å². The van der Waals surface area contributed by atoms with E-state index in [0.717, 1.165) is 17.1 Å². The molecule has 2 unspecified atom stereocenters. The second kappa shape index (κ2) is 8.42. The standard InChI is InChI=1S/C16H27NO2S/c1-6-19-16-8-7-14(13(4)17-5)9-15(16)11-20(18)10-12(2)3/h7-9,12-13,17H,6,10-11H2,1-5H3. The molecule has 0 aliphatic rings. The van der Waals surface area contributed by atoms with Gasteiger partial charge in [0.25, 0.3) is 0 Å². The van der Waals surface area contributed by atoms with E-state index in [1.807, 2.05) is 20.0 Å². The molecule has 2 atom stereocenters. The first kappa shape index (κ1) is 17.2. The molecule has 0 heterocycles. The Bertz CT molecular complexity index is 446.